The van der Waals surface area contributed by atoms with Gasteiger partial charge in [0.1, 0.15) is 12.8 Å². The number of halogens is 3. The van der Waals surface area contributed by atoms with Crippen molar-refractivity contribution >= 4 is 28.2 Å². The molecular formula is C15H13F3N4OS2. The van der Waals surface area contributed by atoms with Gasteiger partial charge in [-0.05, 0) is 19.1 Å². The summed E-state index contributed by atoms with van der Waals surface area (Å²) in [5.74, 6) is 1.02. The predicted octanol–water partition coefficient (Wildman–Crippen LogP) is 4.77. The van der Waals surface area contributed by atoms with Gasteiger partial charge in [0.15, 0.2) is 4.34 Å². The van der Waals surface area contributed by atoms with Crippen molar-refractivity contribution in [3.8, 4) is 11.5 Å². The van der Waals surface area contributed by atoms with E-state index in [0.29, 0.717) is 16.0 Å². The van der Waals surface area contributed by atoms with Crippen LogP contribution in [0.3, 0.4) is 0 Å². The normalized spacial score (nSPS) is 11.7. The molecule has 0 saturated carbocycles. The van der Waals surface area contributed by atoms with Crippen LogP contribution < -0.4 is 5.32 Å². The minimum absolute atomic E-state index is 0.139. The fourth-order valence-electron chi connectivity index (χ4n) is 1.85. The molecule has 0 radical (unpaired) electrons. The number of alkyl halides is 3. The molecule has 3 aromatic rings. The van der Waals surface area contributed by atoms with Gasteiger partial charge in [-0.3, -0.25) is 0 Å². The van der Waals surface area contributed by atoms with E-state index in [1.165, 1.54) is 11.8 Å². The van der Waals surface area contributed by atoms with Crippen LogP contribution in [0.1, 0.15) is 11.3 Å². The lowest BCUT2D eigenvalue weighted by molar-refractivity contribution is -0.115. The van der Waals surface area contributed by atoms with Crippen molar-refractivity contribution in [2.45, 2.75) is 23.2 Å². The first kappa shape index (κ1) is 17.7. The fourth-order valence-corrected chi connectivity index (χ4v) is 3.48. The summed E-state index contributed by atoms with van der Waals surface area (Å²) in [6, 6.07) is 7.82. The highest BCUT2D eigenvalue weighted by Gasteiger charge is 2.27. The Balaban J connectivity index is 1.56. The second-order valence-electron chi connectivity index (χ2n) is 5.14. The van der Waals surface area contributed by atoms with Crippen LogP contribution in [0.2, 0.25) is 0 Å². The molecule has 1 aromatic carbocycles. The van der Waals surface area contributed by atoms with Gasteiger partial charge < -0.3 is 9.73 Å². The van der Waals surface area contributed by atoms with E-state index in [0.717, 1.165) is 28.2 Å². The monoisotopic (exact) mass is 386 g/mol. The molecule has 0 atom stereocenters. The smallest absolute Gasteiger partial charge is 0.405 e. The first-order valence-electron chi connectivity index (χ1n) is 7.17. The molecule has 0 spiro atoms. The predicted molar refractivity (Wildman–Crippen MR) is 90.7 cm³/mol. The third-order valence-electron chi connectivity index (χ3n) is 3.04. The number of thioether (sulfide) groups is 1. The summed E-state index contributed by atoms with van der Waals surface area (Å²) in [5, 5.41) is 9.88. The van der Waals surface area contributed by atoms with E-state index in [9.17, 15) is 13.2 Å². The molecule has 0 aliphatic rings. The third-order valence-corrected chi connectivity index (χ3v) is 5.09. The molecule has 2 aromatic heterocycles. The average molecular weight is 386 g/mol. The maximum absolute atomic E-state index is 12.2. The highest BCUT2D eigenvalue weighted by molar-refractivity contribution is 8.00. The van der Waals surface area contributed by atoms with Crippen molar-refractivity contribution in [2.24, 2.45) is 0 Å². The van der Waals surface area contributed by atoms with Crippen LogP contribution in [-0.4, -0.2) is 27.9 Å². The van der Waals surface area contributed by atoms with Crippen molar-refractivity contribution in [3.63, 3.8) is 0 Å². The Bertz CT molecular complexity index is 830. The van der Waals surface area contributed by atoms with E-state index in [1.54, 1.807) is 6.26 Å². The highest BCUT2D eigenvalue weighted by Crippen LogP contribution is 2.29. The van der Waals surface area contributed by atoms with Crippen LogP contribution in [-0.2, 0) is 5.75 Å². The molecule has 3 rings (SSSR count). The van der Waals surface area contributed by atoms with Gasteiger partial charge in [-0.1, -0.05) is 40.8 Å². The number of anilines is 1. The number of hydrogen-bond donors (Lipinski definition) is 1. The minimum Gasteiger partial charge on any atom is -0.444 e. The van der Waals surface area contributed by atoms with Crippen molar-refractivity contribution in [3.05, 3.63) is 41.8 Å². The Morgan fingerprint density at radius 2 is 1.96 bits per heavy atom. The van der Waals surface area contributed by atoms with Gasteiger partial charge in [0.25, 0.3) is 0 Å². The zero-order chi connectivity index (χ0) is 17.9. The van der Waals surface area contributed by atoms with Crippen molar-refractivity contribution < 1.29 is 17.6 Å². The number of rotatable bonds is 6. The van der Waals surface area contributed by atoms with E-state index in [2.05, 4.69) is 20.5 Å². The van der Waals surface area contributed by atoms with E-state index in [-0.39, 0.29) is 5.13 Å². The second kappa shape index (κ2) is 7.44. The van der Waals surface area contributed by atoms with Crippen molar-refractivity contribution in [1.82, 2.24) is 15.2 Å². The molecule has 0 unspecified atom stereocenters. The number of nitrogens with zero attached hydrogens (tertiary/aromatic N) is 3. The average Bonchev–Trinajstić information content (AvgIpc) is 3.20. The summed E-state index contributed by atoms with van der Waals surface area (Å²) in [6.07, 6.45) is -2.72. The number of benzene rings is 1. The Kier molecular flexibility index (Phi) is 5.28. The lowest BCUT2D eigenvalue weighted by Gasteiger charge is -2.05. The number of aryl methyl sites for hydroxylation is 1. The molecule has 0 bridgehead atoms. The molecular weight excluding hydrogens is 373 g/mol. The fraction of sp³-hybridized carbons (Fsp3) is 0.267. The van der Waals surface area contributed by atoms with Gasteiger partial charge in [0.05, 0.1) is 5.69 Å². The lowest BCUT2D eigenvalue weighted by atomic mass is 10.1. The topological polar surface area (TPSA) is 63.8 Å². The Morgan fingerprint density at radius 1 is 1.20 bits per heavy atom. The number of aromatic nitrogens is 3. The van der Waals surface area contributed by atoms with E-state index in [1.807, 2.05) is 31.2 Å². The standard InChI is InChI=1S/C15H13F3N4OS2/c1-9-2-4-10(5-3-9)12-20-11(6-23-12)7-24-14-22-21-13(25-14)19-8-15(16,17)18/h2-6H,7-8H2,1H3,(H,19,21). The number of oxazole rings is 1. The third kappa shape index (κ3) is 5.20. The molecule has 5 nitrogen and oxygen atoms in total. The van der Waals surface area contributed by atoms with E-state index < -0.39 is 12.7 Å². The minimum atomic E-state index is -4.29. The SMILES string of the molecule is Cc1ccc(-c2nc(CSc3nnc(NCC(F)(F)F)s3)co2)cc1. The molecule has 25 heavy (non-hydrogen) atoms. The summed E-state index contributed by atoms with van der Waals surface area (Å²) in [7, 11) is 0. The maximum atomic E-state index is 12.2. The lowest BCUT2D eigenvalue weighted by Crippen LogP contribution is -2.21. The summed E-state index contributed by atoms with van der Waals surface area (Å²) < 4.78 is 42.5. The van der Waals surface area contributed by atoms with E-state index >= 15 is 0 Å². The molecule has 1 N–H and O–H groups in total. The molecule has 0 amide bonds. The molecule has 0 aliphatic carbocycles. The molecule has 0 saturated heterocycles. The van der Waals surface area contributed by atoms with Crippen LogP contribution in [0, 0.1) is 6.92 Å². The summed E-state index contributed by atoms with van der Waals surface area (Å²) >= 11 is 2.41. The van der Waals surface area contributed by atoms with Crippen molar-refractivity contribution in [2.75, 3.05) is 11.9 Å². The van der Waals surface area contributed by atoms with Gasteiger partial charge >= 0.3 is 6.18 Å². The summed E-state index contributed by atoms with van der Waals surface area (Å²) in [4.78, 5) is 4.41. The van der Waals surface area contributed by atoms with Gasteiger partial charge in [0, 0.05) is 11.3 Å². The largest absolute Gasteiger partial charge is 0.444 e. The summed E-state index contributed by atoms with van der Waals surface area (Å²) in [5.41, 5.74) is 2.76. The van der Waals surface area contributed by atoms with Gasteiger partial charge in [0.2, 0.25) is 11.0 Å². The number of hydrogen-bond acceptors (Lipinski definition) is 7. The first-order chi connectivity index (χ1) is 11.9. The summed E-state index contributed by atoms with van der Waals surface area (Å²) in [6.45, 7) is 0.872. The van der Waals surface area contributed by atoms with Gasteiger partial charge in [-0.2, -0.15) is 13.2 Å². The van der Waals surface area contributed by atoms with Crippen LogP contribution >= 0.6 is 23.1 Å². The Labute approximate surface area is 149 Å². The Morgan fingerprint density at radius 3 is 2.68 bits per heavy atom. The van der Waals surface area contributed by atoms with Crippen LogP contribution in [0.25, 0.3) is 11.5 Å². The second-order valence-corrected chi connectivity index (χ2v) is 7.34. The van der Waals surface area contributed by atoms with Crippen LogP contribution in [0.15, 0.2) is 39.3 Å². The molecule has 0 aliphatic heterocycles. The quantitative estimate of drug-likeness (QED) is 0.616. The molecule has 132 valence electrons. The molecule has 10 heteroatoms. The van der Waals surface area contributed by atoms with Crippen LogP contribution in [0.4, 0.5) is 18.3 Å². The Hall–Kier alpha value is -2.07. The first-order valence-corrected chi connectivity index (χ1v) is 8.98. The zero-order valence-electron chi connectivity index (χ0n) is 13.0. The maximum Gasteiger partial charge on any atom is 0.405 e. The van der Waals surface area contributed by atoms with Gasteiger partial charge in [-0.15, -0.1) is 10.2 Å². The van der Waals surface area contributed by atoms with Crippen molar-refractivity contribution in [1.29, 1.82) is 0 Å². The molecule has 0 fully saturated rings. The van der Waals surface area contributed by atoms with Crippen LogP contribution in [0.5, 0.6) is 0 Å². The van der Waals surface area contributed by atoms with E-state index in [4.69, 9.17) is 4.42 Å². The zero-order valence-corrected chi connectivity index (χ0v) is 14.6. The molecule has 2 heterocycles. The van der Waals surface area contributed by atoms with Gasteiger partial charge in [-0.25, -0.2) is 4.98 Å². The number of nitrogens with one attached hydrogen (secondary N) is 1. The highest BCUT2D eigenvalue weighted by atomic mass is 32.2.